The van der Waals surface area contributed by atoms with Crippen molar-refractivity contribution < 1.29 is 14.3 Å². The number of hydrogen-bond donors (Lipinski definition) is 1. The van der Waals surface area contributed by atoms with Gasteiger partial charge in [-0.25, -0.2) is 0 Å². The van der Waals surface area contributed by atoms with Crippen LogP contribution in [-0.2, 0) is 22.6 Å². The maximum absolute atomic E-state index is 13.6. The first kappa shape index (κ1) is 26.6. The van der Waals surface area contributed by atoms with Gasteiger partial charge < -0.3 is 15.0 Å². The minimum absolute atomic E-state index is 0.176. The summed E-state index contributed by atoms with van der Waals surface area (Å²) >= 11 is 12.7. The molecule has 0 aliphatic heterocycles. The summed E-state index contributed by atoms with van der Waals surface area (Å²) in [5.41, 5.74) is 3.44. The molecule has 2 amide bonds. The minimum Gasteiger partial charge on any atom is -0.484 e. The Labute approximate surface area is 217 Å². The molecule has 0 saturated heterocycles. The molecule has 0 spiro atoms. The highest BCUT2D eigenvalue weighted by Crippen LogP contribution is 2.26. The number of benzene rings is 3. The van der Waals surface area contributed by atoms with E-state index in [0.29, 0.717) is 28.8 Å². The Morgan fingerprint density at radius 3 is 2.23 bits per heavy atom. The molecule has 1 atom stereocenters. The Hall–Kier alpha value is -3.02. The maximum atomic E-state index is 13.6. The maximum Gasteiger partial charge on any atom is 0.261 e. The average Bonchev–Trinajstić information content (AvgIpc) is 2.85. The molecule has 0 saturated carbocycles. The highest BCUT2D eigenvalue weighted by atomic mass is 35.5. The Balaban J connectivity index is 1.91. The molecule has 0 aromatic heterocycles. The molecular formula is C28H30Cl2N2O3. The van der Waals surface area contributed by atoms with Crippen LogP contribution in [0.3, 0.4) is 0 Å². The standard InChI is InChI=1S/C28H30Cl2N2O3/c1-4-31-28(34)25(16-21-10-6-5-7-11-21)32(17-22-12-8-9-13-24(22)29)26(33)18-35-23-14-19(2)27(30)20(3)15-23/h5-15,25H,4,16-18H2,1-3H3,(H,31,34)/t25-/m0/s1. The fraction of sp³-hybridized carbons (Fsp3) is 0.286. The molecule has 3 aromatic carbocycles. The van der Waals surface area contributed by atoms with Crippen molar-refractivity contribution in [2.24, 2.45) is 0 Å². The first-order valence-electron chi connectivity index (χ1n) is 11.5. The molecule has 3 aromatic rings. The SMILES string of the molecule is CCNC(=O)[C@H](Cc1ccccc1)N(Cc1ccccc1Cl)C(=O)COc1cc(C)c(Cl)c(C)c1. The van der Waals surface area contributed by atoms with Gasteiger partial charge in [-0.3, -0.25) is 9.59 Å². The van der Waals surface area contributed by atoms with Crippen LogP contribution in [0, 0.1) is 13.8 Å². The van der Waals surface area contributed by atoms with Crippen LogP contribution in [0.15, 0.2) is 66.7 Å². The average molecular weight is 513 g/mol. The number of nitrogens with one attached hydrogen (secondary N) is 1. The summed E-state index contributed by atoms with van der Waals surface area (Å²) < 4.78 is 5.86. The third-order valence-electron chi connectivity index (χ3n) is 5.69. The van der Waals surface area contributed by atoms with Gasteiger partial charge in [-0.1, -0.05) is 71.7 Å². The third kappa shape index (κ3) is 7.23. The van der Waals surface area contributed by atoms with E-state index in [1.54, 1.807) is 23.1 Å². The Kier molecular flexibility index (Phi) is 9.58. The Bertz CT molecular complexity index is 1140. The normalized spacial score (nSPS) is 11.6. The van der Waals surface area contributed by atoms with E-state index in [0.717, 1.165) is 22.3 Å². The van der Waals surface area contributed by atoms with Crippen molar-refractivity contribution in [1.29, 1.82) is 0 Å². The number of likely N-dealkylation sites (N-methyl/N-ethyl adjacent to an activating group) is 1. The van der Waals surface area contributed by atoms with Crippen molar-refractivity contribution >= 4 is 35.0 Å². The molecule has 7 heteroatoms. The van der Waals surface area contributed by atoms with E-state index in [2.05, 4.69) is 5.32 Å². The number of carbonyl (C=O) groups excluding carboxylic acids is 2. The zero-order valence-electron chi connectivity index (χ0n) is 20.2. The van der Waals surface area contributed by atoms with E-state index < -0.39 is 6.04 Å². The van der Waals surface area contributed by atoms with Crippen LogP contribution < -0.4 is 10.1 Å². The summed E-state index contributed by atoms with van der Waals surface area (Å²) in [6, 6.07) is 19.8. The predicted octanol–water partition coefficient (Wildman–Crippen LogP) is 5.77. The molecule has 0 aliphatic carbocycles. The van der Waals surface area contributed by atoms with E-state index in [1.807, 2.05) is 69.3 Å². The minimum atomic E-state index is -0.738. The molecule has 5 nitrogen and oxygen atoms in total. The Morgan fingerprint density at radius 2 is 1.60 bits per heavy atom. The van der Waals surface area contributed by atoms with E-state index in [-0.39, 0.29) is 25.0 Å². The van der Waals surface area contributed by atoms with Crippen molar-refractivity contribution in [3.05, 3.63) is 99.0 Å². The lowest BCUT2D eigenvalue weighted by atomic mass is 10.0. The molecule has 3 rings (SSSR count). The molecule has 0 bridgehead atoms. The van der Waals surface area contributed by atoms with Crippen LogP contribution in [0.4, 0.5) is 0 Å². The van der Waals surface area contributed by atoms with Gasteiger partial charge in [0, 0.05) is 29.6 Å². The second kappa shape index (κ2) is 12.6. The topological polar surface area (TPSA) is 58.6 Å². The molecule has 1 N–H and O–H groups in total. The lowest BCUT2D eigenvalue weighted by Crippen LogP contribution is -2.51. The molecule has 0 radical (unpaired) electrons. The molecule has 0 fully saturated rings. The molecule has 0 unspecified atom stereocenters. The smallest absolute Gasteiger partial charge is 0.261 e. The van der Waals surface area contributed by atoms with Gasteiger partial charge >= 0.3 is 0 Å². The van der Waals surface area contributed by atoms with E-state index in [1.165, 1.54) is 0 Å². The number of halogens is 2. The van der Waals surface area contributed by atoms with Gasteiger partial charge in [0.05, 0.1) is 0 Å². The van der Waals surface area contributed by atoms with Gasteiger partial charge in [0.25, 0.3) is 5.91 Å². The van der Waals surface area contributed by atoms with Gasteiger partial charge in [0.2, 0.25) is 5.91 Å². The van der Waals surface area contributed by atoms with Crippen LogP contribution in [-0.4, -0.2) is 35.9 Å². The van der Waals surface area contributed by atoms with Crippen LogP contribution in [0.25, 0.3) is 0 Å². The fourth-order valence-electron chi connectivity index (χ4n) is 3.87. The summed E-state index contributed by atoms with van der Waals surface area (Å²) in [6.07, 6.45) is 0.363. The van der Waals surface area contributed by atoms with E-state index in [9.17, 15) is 9.59 Å². The fourth-order valence-corrected chi connectivity index (χ4v) is 4.18. The van der Waals surface area contributed by atoms with Gasteiger partial charge in [0.1, 0.15) is 11.8 Å². The Morgan fingerprint density at radius 1 is 0.971 bits per heavy atom. The van der Waals surface area contributed by atoms with Gasteiger partial charge in [0.15, 0.2) is 6.61 Å². The first-order valence-corrected chi connectivity index (χ1v) is 12.3. The summed E-state index contributed by atoms with van der Waals surface area (Å²) in [6.45, 7) is 6.03. The number of rotatable bonds is 10. The van der Waals surface area contributed by atoms with Crippen LogP contribution >= 0.6 is 23.2 Å². The van der Waals surface area contributed by atoms with Gasteiger partial charge in [-0.2, -0.15) is 0 Å². The summed E-state index contributed by atoms with van der Waals surface area (Å²) in [5, 5.41) is 4.08. The summed E-state index contributed by atoms with van der Waals surface area (Å²) in [5.74, 6) is 0.00496. The highest BCUT2D eigenvalue weighted by molar-refractivity contribution is 6.32. The van der Waals surface area contributed by atoms with Crippen LogP contribution in [0.1, 0.15) is 29.2 Å². The third-order valence-corrected chi connectivity index (χ3v) is 6.66. The molecular weight excluding hydrogens is 483 g/mol. The van der Waals surface area contributed by atoms with Gasteiger partial charge in [-0.15, -0.1) is 0 Å². The van der Waals surface area contributed by atoms with Crippen molar-refractivity contribution in [3.8, 4) is 5.75 Å². The lowest BCUT2D eigenvalue weighted by molar-refractivity contribution is -0.142. The number of amides is 2. The van der Waals surface area contributed by atoms with Crippen molar-refractivity contribution in [3.63, 3.8) is 0 Å². The number of hydrogen-bond acceptors (Lipinski definition) is 3. The largest absolute Gasteiger partial charge is 0.484 e. The summed E-state index contributed by atoms with van der Waals surface area (Å²) in [4.78, 5) is 28.3. The zero-order valence-corrected chi connectivity index (χ0v) is 21.7. The first-order chi connectivity index (χ1) is 16.8. The second-order valence-corrected chi connectivity index (χ2v) is 9.16. The monoisotopic (exact) mass is 512 g/mol. The van der Waals surface area contributed by atoms with Crippen molar-refractivity contribution in [2.45, 2.75) is 39.8 Å². The van der Waals surface area contributed by atoms with Crippen LogP contribution in [0.5, 0.6) is 5.75 Å². The molecule has 0 heterocycles. The number of ether oxygens (including phenoxy) is 1. The van der Waals surface area contributed by atoms with Crippen LogP contribution in [0.2, 0.25) is 10.0 Å². The lowest BCUT2D eigenvalue weighted by Gasteiger charge is -2.31. The zero-order chi connectivity index (χ0) is 25.4. The molecule has 184 valence electrons. The number of carbonyl (C=O) groups is 2. The quantitative estimate of drug-likeness (QED) is 0.375. The molecule has 0 aliphatic rings. The molecule has 35 heavy (non-hydrogen) atoms. The van der Waals surface area contributed by atoms with Gasteiger partial charge in [-0.05, 0) is 61.2 Å². The van der Waals surface area contributed by atoms with E-state index in [4.69, 9.17) is 27.9 Å². The van der Waals surface area contributed by atoms with Crippen molar-refractivity contribution in [2.75, 3.05) is 13.2 Å². The predicted molar refractivity (Wildman–Crippen MR) is 141 cm³/mol. The van der Waals surface area contributed by atoms with E-state index >= 15 is 0 Å². The summed E-state index contributed by atoms with van der Waals surface area (Å²) in [7, 11) is 0. The second-order valence-electron chi connectivity index (χ2n) is 8.37. The number of aryl methyl sites for hydroxylation is 2. The highest BCUT2D eigenvalue weighted by Gasteiger charge is 2.31. The van der Waals surface area contributed by atoms with Crippen molar-refractivity contribution in [1.82, 2.24) is 10.2 Å². The number of nitrogens with zero attached hydrogens (tertiary/aromatic N) is 1.